The van der Waals surface area contributed by atoms with E-state index in [4.69, 9.17) is 5.11 Å². The summed E-state index contributed by atoms with van der Waals surface area (Å²) in [6, 6.07) is -0.0676. The van der Waals surface area contributed by atoms with E-state index in [1.807, 2.05) is 6.26 Å². The second kappa shape index (κ2) is 6.62. The fraction of sp³-hybridized carbons (Fsp3) is 0.800. The third-order valence-electron chi connectivity index (χ3n) is 2.62. The topological polar surface area (TPSA) is 69.6 Å². The molecule has 0 radical (unpaired) electrons. The number of hydrogen-bond donors (Lipinski definition) is 2. The second-order valence-corrected chi connectivity index (χ2v) is 4.91. The first-order chi connectivity index (χ1) is 7.63. The zero-order valence-electron chi connectivity index (χ0n) is 9.44. The zero-order valence-corrected chi connectivity index (χ0v) is 10.3. The molecule has 1 atom stereocenters. The Balaban J connectivity index is 2.24. The first-order valence-corrected chi connectivity index (χ1v) is 6.76. The van der Waals surface area contributed by atoms with Crippen molar-refractivity contribution in [3.05, 3.63) is 0 Å². The van der Waals surface area contributed by atoms with Gasteiger partial charge in [0.15, 0.2) is 0 Å². The lowest BCUT2D eigenvalue weighted by Gasteiger charge is -2.16. The number of likely N-dealkylation sites (tertiary alicyclic amines) is 1. The predicted molar refractivity (Wildman–Crippen MR) is 63.7 cm³/mol. The zero-order chi connectivity index (χ0) is 12.0. The van der Waals surface area contributed by atoms with Crippen molar-refractivity contribution in [3.8, 4) is 0 Å². The highest BCUT2D eigenvalue weighted by Gasteiger charge is 2.27. The summed E-state index contributed by atoms with van der Waals surface area (Å²) >= 11 is 1.68. The maximum Gasteiger partial charge on any atom is 0.317 e. The molecule has 1 unspecified atom stereocenters. The number of urea groups is 1. The van der Waals surface area contributed by atoms with Crippen LogP contribution in [0, 0.1) is 5.92 Å². The molecule has 2 N–H and O–H groups in total. The molecule has 1 heterocycles. The van der Waals surface area contributed by atoms with E-state index in [9.17, 15) is 9.59 Å². The fourth-order valence-electron chi connectivity index (χ4n) is 1.80. The van der Waals surface area contributed by atoms with E-state index in [-0.39, 0.29) is 18.4 Å². The third-order valence-corrected chi connectivity index (χ3v) is 3.23. The number of nitrogens with zero attached hydrogens (tertiary/aromatic N) is 1. The average molecular weight is 246 g/mol. The molecule has 5 nitrogen and oxygen atoms in total. The van der Waals surface area contributed by atoms with Gasteiger partial charge in [0.2, 0.25) is 0 Å². The standard InChI is InChI=1S/C10H18N2O3S/c1-16-5-3-11-10(15)12-4-2-8(7-12)6-9(13)14/h8H,2-7H2,1H3,(H,11,15)(H,13,14). The van der Waals surface area contributed by atoms with Crippen LogP contribution in [0.4, 0.5) is 4.79 Å². The molecule has 6 heteroatoms. The smallest absolute Gasteiger partial charge is 0.317 e. The highest BCUT2D eigenvalue weighted by atomic mass is 32.2. The lowest BCUT2D eigenvalue weighted by molar-refractivity contribution is -0.138. The molecule has 0 spiro atoms. The normalized spacial score (nSPS) is 19.8. The van der Waals surface area contributed by atoms with Gasteiger partial charge in [-0.2, -0.15) is 11.8 Å². The van der Waals surface area contributed by atoms with Gasteiger partial charge in [0.05, 0.1) is 0 Å². The van der Waals surface area contributed by atoms with Crippen LogP contribution in [0.5, 0.6) is 0 Å². The first kappa shape index (κ1) is 13.2. The lowest BCUT2D eigenvalue weighted by Crippen LogP contribution is -2.39. The number of carboxylic acid groups (broad SMARTS) is 1. The van der Waals surface area contributed by atoms with Gasteiger partial charge in [0, 0.05) is 31.8 Å². The number of rotatable bonds is 5. The van der Waals surface area contributed by atoms with E-state index in [0.29, 0.717) is 19.6 Å². The molecule has 1 aliphatic rings. The van der Waals surface area contributed by atoms with Crippen LogP contribution in [0.1, 0.15) is 12.8 Å². The van der Waals surface area contributed by atoms with Crippen LogP contribution in [0.25, 0.3) is 0 Å². The van der Waals surface area contributed by atoms with Gasteiger partial charge >= 0.3 is 12.0 Å². The maximum atomic E-state index is 11.6. The molecule has 0 aromatic heterocycles. The molecule has 16 heavy (non-hydrogen) atoms. The minimum absolute atomic E-state index is 0.0676. The lowest BCUT2D eigenvalue weighted by atomic mass is 10.1. The summed E-state index contributed by atoms with van der Waals surface area (Å²) in [7, 11) is 0. The highest BCUT2D eigenvalue weighted by Crippen LogP contribution is 2.19. The third kappa shape index (κ3) is 4.30. The second-order valence-electron chi connectivity index (χ2n) is 3.92. The Bertz CT molecular complexity index is 260. The van der Waals surface area contributed by atoms with Crippen LogP contribution in [-0.2, 0) is 4.79 Å². The molecular formula is C10H18N2O3S. The Kier molecular flexibility index (Phi) is 5.45. The van der Waals surface area contributed by atoms with Crippen LogP contribution in [-0.4, -0.2) is 53.6 Å². The summed E-state index contributed by atoms with van der Waals surface area (Å²) in [4.78, 5) is 23.8. The SMILES string of the molecule is CSCCNC(=O)N1CCC(CC(=O)O)C1. The molecule has 1 fully saturated rings. The van der Waals surface area contributed by atoms with Crippen molar-refractivity contribution in [2.24, 2.45) is 5.92 Å². The van der Waals surface area contributed by atoms with Gasteiger partial charge in [-0.3, -0.25) is 4.79 Å². The molecule has 0 aromatic rings. The van der Waals surface area contributed by atoms with Gasteiger partial charge in [-0.15, -0.1) is 0 Å². The van der Waals surface area contributed by atoms with E-state index < -0.39 is 5.97 Å². The van der Waals surface area contributed by atoms with Crippen LogP contribution in [0.2, 0.25) is 0 Å². The van der Waals surface area contributed by atoms with Crippen molar-refractivity contribution < 1.29 is 14.7 Å². The maximum absolute atomic E-state index is 11.6. The highest BCUT2D eigenvalue weighted by molar-refractivity contribution is 7.98. The Morgan fingerprint density at radius 3 is 2.94 bits per heavy atom. The number of carboxylic acids is 1. The Labute approximate surface area is 99.6 Å². The fourth-order valence-corrected chi connectivity index (χ4v) is 2.11. The van der Waals surface area contributed by atoms with E-state index in [1.165, 1.54) is 0 Å². The summed E-state index contributed by atoms with van der Waals surface area (Å²) in [6.45, 7) is 1.90. The van der Waals surface area contributed by atoms with E-state index >= 15 is 0 Å². The summed E-state index contributed by atoms with van der Waals surface area (Å²) in [5.74, 6) is 0.233. The van der Waals surface area contributed by atoms with Crippen LogP contribution < -0.4 is 5.32 Å². The van der Waals surface area contributed by atoms with Crippen molar-refractivity contribution in [1.29, 1.82) is 0 Å². The van der Waals surface area contributed by atoms with Crippen LogP contribution in [0.3, 0.4) is 0 Å². The van der Waals surface area contributed by atoms with E-state index in [0.717, 1.165) is 12.2 Å². The summed E-state index contributed by atoms with van der Waals surface area (Å²) < 4.78 is 0. The molecule has 0 aromatic carbocycles. The van der Waals surface area contributed by atoms with E-state index in [1.54, 1.807) is 16.7 Å². The van der Waals surface area contributed by atoms with Gasteiger partial charge in [-0.05, 0) is 18.6 Å². The molecule has 1 saturated heterocycles. The number of thioether (sulfide) groups is 1. The van der Waals surface area contributed by atoms with Crippen molar-refractivity contribution in [2.75, 3.05) is 31.6 Å². The number of carbonyl (C=O) groups is 2. The monoisotopic (exact) mass is 246 g/mol. The van der Waals surface area contributed by atoms with Gasteiger partial charge in [0.25, 0.3) is 0 Å². The molecule has 0 saturated carbocycles. The van der Waals surface area contributed by atoms with Gasteiger partial charge in [-0.1, -0.05) is 0 Å². The molecule has 1 rings (SSSR count). The van der Waals surface area contributed by atoms with Crippen molar-refractivity contribution >= 4 is 23.8 Å². The molecule has 92 valence electrons. The minimum Gasteiger partial charge on any atom is -0.481 e. The van der Waals surface area contributed by atoms with Crippen LogP contribution >= 0.6 is 11.8 Å². The van der Waals surface area contributed by atoms with Gasteiger partial charge in [0.1, 0.15) is 0 Å². The average Bonchev–Trinajstić information content (AvgIpc) is 2.65. The quantitative estimate of drug-likeness (QED) is 0.706. The number of aliphatic carboxylic acids is 1. The number of hydrogen-bond acceptors (Lipinski definition) is 3. The largest absolute Gasteiger partial charge is 0.481 e. The Morgan fingerprint density at radius 2 is 2.31 bits per heavy atom. The van der Waals surface area contributed by atoms with E-state index in [2.05, 4.69) is 5.32 Å². The molecule has 0 aliphatic carbocycles. The molecule has 2 amide bonds. The van der Waals surface area contributed by atoms with Gasteiger partial charge < -0.3 is 15.3 Å². The molecule has 1 aliphatic heterocycles. The number of amides is 2. The molecule has 0 bridgehead atoms. The first-order valence-electron chi connectivity index (χ1n) is 5.37. The number of carbonyl (C=O) groups excluding carboxylic acids is 1. The minimum atomic E-state index is -0.783. The summed E-state index contributed by atoms with van der Waals surface area (Å²) in [6.07, 6.45) is 2.95. The Morgan fingerprint density at radius 1 is 1.56 bits per heavy atom. The van der Waals surface area contributed by atoms with Crippen molar-refractivity contribution in [1.82, 2.24) is 10.2 Å². The Hall–Kier alpha value is -0.910. The molecular weight excluding hydrogens is 228 g/mol. The van der Waals surface area contributed by atoms with Crippen LogP contribution in [0.15, 0.2) is 0 Å². The van der Waals surface area contributed by atoms with Crippen molar-refractivity contribution in [3.63, 3.8) is 0 Å². The summed E-state index contributed by atoms with van der Waals surface area (Å²) in [5, 5.41) is 11.5. The predicted octanol–water partition coefficient (Wildman–Crippen LogP) is 0.856. The van der Waals surface area contributed by atoms with Gasteiger partial charge in [-0.25, -0.2) is 4.79 Å². The summed E-state index contributed by atoms with van der Waals surface area (Å²) in [5.41, 5.74) is 0. The number of nitrogens with one attached hydrogen (secondary N) is 1. The van der Waals surface area contributed by atoms with Crippen molar-refractivity contribution in [2.45, 2.75) is 12.8 Å².